The molecule has 0 aliphatic rings. The molecule has 27 heavy (non-hydrogen) atoms. The van der Waals surface area contributed by atoms with Crippen molar-refractivity contribution in [2.45, 2.75) is 18.3 Å². The average molecular weight is 402 g/mol. The molecule has 4 N–H and O–H groups in total. The molecule has 12 heteroatoms. The summed E-state index contributed by atoms with van der Waals surface area (Å²) < 4.78 is 38.0. The second-order valence-electron chi connectivity index (χ2n) is 5.17. The monoisotopic (exact) mass is 402 g/mol. The molecule has 1 aromatic heterocycles. The summed E-state index contributed by atoms with van der Waals surface area (Å²) >= 11 is 0.740. The molecule has 0 fully saturated rings. The number of hydrogen-bond donors (Lipinski definition) is 4. The molecule has 0 spiro atoms. The Morgan fingerprint density at radius 3 is 2.59 bits per heavy atom. The summed E-state index contributed by atoms with van der Waals surface area (Å²) in [6, 6.07) is 4.12. The van der Waals surface area contributed by atoms with Crippen LogP contribution in [0.25, 0.3) is 0 Å². The number of carbonyl (C=O) groups excluding carboxylic acids is 2. The highest BCUT2D eigenvalue weighted by Gasteiger charge is 2.30. The molecule has 144 valence electrons. The molecule has 1 aromatic carbocycles. The summed E-state index contributed by atoms with van der Waals surface area (Å²) in [7, 11) is 0. The first-order valence-corrected chi connectivity index (χ1v) is 8.25. The lowest BCUT2D eigenvalue weighted by atomic mass is 10.2. The number of carbonyl (C=O) groups is 2. The molecule has 0 aliphatic carbocycles. The summed E-state index contributed by atoms with van der Waals surface area (Å²) in [6.07, 6.45) is -4.54. The maximum absolute atomic E-state index is 12.7. The molecule has 2 amide bonds. The molecule has 0 aliphatic heterocycles. The van der Waals surface area contributed by atoms with Crippen LogP contribution in [0.5, 0.6) is 5.88 Å². The van der Waals surface area contributed by atoms with Crippen LogP contribution < -0.4 is 16.2 Å². The second kappa shape index (κ2) is 8.12. The third-order valence-electron chi connectivity index (χ3n) is 2.99. The minimum absolute atomic E-state index is 0.0410. The third kappa shape index (κ3) is 5.74. The van der Waals surface area contributed by atoms with Gasteiger partial charge in [-0.15, -0.1) is 0 Å². The first-order valence-electron chi connectivity index (χ1n) is 7.27. The van der Waals surface area contributed by atoms with E-state index >= 15 is 0 Å². The highest BCUT2D eigenvalue weighted by Crippen LogP contribution is 2.30. The Kier molecular flexibility index (Phi) is 6.10. The van der Waals surface area contributed by atoms with Crippen molar-refractivity contribution in [1.29, 1.82) is 0 Å². The van der Waals surface area contributed by atoms with Gasteiger partial charge >= 0.3 is 6.18 Å². The lowest BCUT2D eigenvalue weighted by Crippen LogP contribution is -2.20. The van der Waals surface area contributed by atoms with E-state index in [9.17, 15) is 32.7 Å². The zero-order valence-electron chi connectivity index (χ0n) is 13.7. The lowest BCUT2D eigenvalue weighted by molar-refractivity contribution is -0.137. The maximum Gasteiger partial charge on any atom is 0.416 e. The fourth-order valence-electron chi connectivity index (χ4n) is 1.90. The van der Waals surface area contributed by atoms with E-state index < -0.39 is 40.7 Å². The van der Waals surface area contributed by atoms with Crippen molar-refractivity contribution in [2.24, 2.45) is 0 Å². The Morgan fingerprint density at radius 1 is 1.30 bits per heavy atom. The number of nitrogens with zero attached hydrogens (tertiary/aromatic N) is 1. The number of thioether (sulfide) groups is 1. The van der Waals surface area contributed by atoms with Gasteiger partial charge in [-0.1, -0.05) is 17.8 Å². The van der Waals surface area contributed by atoms with Crippen LogP contribution in [0.1, 0.15) is 12.5 Å². The smallest absolute Gasteiger partial charge is 0.416 e. The van der Waals surface area contributed by atoms with Crippen LogP contribution in [-0.4, -0.2) is 32.6 Å². The third-order valence-corrected chi connectivity index (χ3v) is 3.87. The first kappa shape index (κ1) is 20.3. The van der Waals surface area contributed by atoms with Crippen molar-refractivity contribution in [3.05, 3.63) is 40.2 Å². The van der Waals surface area contributed by atoms with E-state index in [2.05, 4.69) is 20.6 Å². The number of aromatic hydroxyl groups is 1. The average Bonchev–Trinajstić information content (AvgIpc) is 2.55. The first-order chi connectivity index (χ1) is 12.6. The second-order valence-corrected chi connectivity index (χ2v) is 6.13. The molecule has 1 heterocycles. The molecular weight excluding hydrogens is 389 g/mol. The van der Waals surface area contributed by atoms with E-state index in [4.69, 9.17) is 0 Å². The van der Waals surface area contributed by atoms with Crippen LogP contribution in [0.4, 0.5) is 24.5 Å². The van der Waals surface area contributed by atoms with E-state index in [0.29, 0.717) is 0 Å². The predicted octanol–water partition coefficient (Wildman–Crippen LogP) is 2.18. The molecule has 2 rings (SSSR count). The van der Waals surface area contributed by atoms with Crippen molar-refractivity contribution in [3.8, 4) is 5.88 Å². The Hall–Kier alpha value is -3.02. The minimum atomic E-state index is -4.54. The van der Waals surface area contributed by atoms with Gasteiger partial charge in [-0.25, -0.2) is 0 Å². The highest BCUT2D eigenvalue weighted by atomic mass is 32.2. The summed E-state index contributed by atoms with van der Waals surface area (Å²) in [5.74, 6) is -2.25. The SMILES string of the molecule is CC(=O)Nc1c(O)nc(SCC(=O)Nc2cccc(C(F)(F)F)c2)[nH]c1=O. The van der Waals surface area contributed by atoms with Gasteiger partial charge in [0, 0.05) is 12.6 Å². The standard InChI is InChI=1S/C15H13F3N4O4S/c1-7(23)19-11-12(25)21-14(22-13(11)26)27-6-10(24)20-9-4-2-3-8(5-9)15(16,17)18/h2-5H,6H2,1H3,(H,19,23)(H,20,24)(H2,21,22,25,26). The van der Waals surface area contributed by atoms with Crippen LogP contribution in [0.3, 0.4) is 0 Å². The molecule has 0 unspecified atom stereocenters. The highest BCUT2D eigenvalue weighted by molar-refractivity contribution is 7.99. The number of hydrogen-bond acceptors (Lipinski definition) is 6. The summed E-state index contributed by atoms with van der Waals surface area (Å²) in [4.78, 5) is 40.5. The van der Waals surface area contributed by atoms with E-state index in [1.807, 2.05) is 0 Å². The fraction of sp³-hybridized carbons (Fsp3) is 0.200. The van der Waals surface area contributed by atoms with E-state index in [1.54, 1.807) is 0 Å². The van der Waals surface area contributed by atoms with Gasteiger partial charge in [-0.3, -0.25) is 19.4 Å². The van der Waals surface area contributed by atoms with Crippen molar-refractivity contribution < 1.29 is 27.9 Å². The Labute approximate surface area is 154 Å². The number of halogens is 3. The summed E-state index contributed by atoms with van der Waals surface area (Å²) in [6.45, 7) is 1.14. The van der Waals surface area contributed by atoms with Crippen LogP contribution >= 0.6 is 11.8 Å². The molecule has 2 aromatic rings. The molecule has 0 bridgehead atoms. The van der Waals surface area contributed by atoms with E-state index in [0.717, 1.165) is 36.9 Å². The van der Waals surface area contributed by atoms with Gasteiger partial charge in [0.2, 0.25) is 17.7 Å². The van der Waals surface area contributed by atoms with Gasteiger partial charge in [0.05, 0.1) is 11.3 Å². The van der Waals surface area contributed by atoms with Gasteiger partial charge in [0.15, 0.2) is 10.8 Å². The zero-order chi connectivity index (χ0) is 20.2. The number of amides is 2. The number of benzene rings is 1. The van der Waals surface area contributed by atoms with Crippen molar-refractivity contribution >= 4 is 35.0 Å². The summed E-state index contributed by atoms with van der Waals surface area (Å²) in [5, 5.41) is 14.0. The molecule has 8 nitrogen and oxygen atoms in total. The molecule has 0 saturated carbocycles. The molecule has 0 atom stereocenters. The predicted molar refractivity (Wildman–Crippen MR) is 91.6 cm³/mol. The van der Waals surface area contributed by atoms with Crippen LogP contribution in [-0.2, 0) is 15.8 Å². The van der Waals surface area contributed by atoms with Gasteiger partial charge in [-0.2, -0.15) is 18.2 Å². The van der Waals surface area contributed by atoms with E-state index in [-0.39, 0.29) is 16.6 Å². The lowest BCUT2D eigenvalue weighted by Gasteiger charge is -2.10. The van der Waals surface area contributed by atoms with Crippen molar-refractivity contribution in [2.75, 3.05) is 16.4 Å². The zero-order valence-corrected chi connectivity index (χ0v) is 14.5. The largest absolute Gasteiger partial charge is 0.492 e. The number of nitrogens with one attached hydrogen (secondary N) is 3. The Morgan fingerprint density at radius 2 is 2.00 bits per heavy atom. The van der Waals surface area contributed by atoms with Gasteiger partial charge in [0.1, 0.15) is 0 Å². The number of aromatic nitrogens is 2. The van der Waals surface area contributed by atoms with E-state index in [1.165, 1.54) is 6.07 Å². The van der Waals surface area contributed by atoms with Gasteiger partial charge in [0.25, 0.3) is 5.56 Å². The van der Waals surface area contributed by atoms with Crippen LogP contribution in [0.2, 0.25) is 0 Å². The summed E-state index contributed by atoms with van der Waals surface area (Å²) in [5.41, 5.74) is -2.20. The van der Waals surface area contributed by atoms with Crippen molar-refractivity contribution in [1.82, 2.24) is 9.97 Å². The fourth-order valence-corrected chi connectivity index (χ4v) is 2.56. The van der Waals surface area contributed by atoms with Crippen LogP contribution in [0, 0.1) is 0 Å². The maximum atomic E-state index is 12.7. The quantitative estimate of drug-likeness (QED) is 0.449. The van der Waals surface area contributed by atoms with Crippen LogP contribution in [0.15, 0.2) is 34.2 Å². The number of aromatic amines is 1. The molecule has 0 saturated heterocycles. The normalized spacial score (nSPS) is 11.1. The Bertz CT molecular complexity index is 930. The number of anilines is 2. The van der Waals surface area contributed by atoms with Gasteiger partial charge < -0.3 is 15.7 Å². The van der Waals surface area contributed by atoms with Crippen molar-refractivity contribution in [3.63, 3.8) is 0 Å². The van der Waals surface area contributed by atoms with Gasteiger partial charge in [-0.05, 0) is 18.2 Å². The topological polar surface area (TPSA) is 124 Å². The number of H-pyrrole nitrogens is 1. The molecule has 0 radical (unpaired) electrons. The number of rotatable bonds is 5. The molecular formula is C15H13F3N4O4S. The Balaban J connectivity index is 2.02. The number of alkyl halides is 3. The minimum Gasteiger partial charge on any atom is -0.492 e.